The molecule has 0 atom stereocenters. The number of carbonyl (C=O) groups excluding carboxylic acids is 2. The van der Waals surface area contributed by atoms with E-state index in [0.717, 1.165) is 5.56 Å². The van der Waals surface area contributed by atoms with Crippen LogP contribution in [0.3, 0.4) is 0 Å². The summed E-state index contributed by atoms with van der Waals surface area (Å²) < 4.78 is 11.5. The summed E-state index contributed by atoms with van der Waals surface area (Å²) in [6, 6.07) is 10.4. The highest BCUT2D eigenvalue weighted by Crippen LogP contribution is 2.40. The van der Waals surface area contributed by atoms with Crippen molar-refractivity contribution in [1.29, 1.82) is 0 Å². The van der Waals surface area contributed by atoms with Crippen LogP contribution in [0, 0.1) is 0 Å². The lowest BCUT2D eigenvalue weighted by molar-refractivity contribution is -0.129. The maximum absolute atomic E-state index is 12.7. The molecule has 0 unspecified atom stereocenters. The molecule has 30 heavy (non-hydrogen) atoms. The zero-order chi connectivity index (χ0) is 21.3. The van der Waals surface area contributed by atoms with Gasteiger partial charge in [0.2, 0.25) is 5.91 Å². The van der Waals surface area contributed by atoms with Crippen molar-refractivity contribution in [2.75, 3.05) is 20.2 Å². The number of methoxy groups -OCH3 is 1. The highest BCUT2D eigenvalue weighted by molar-refractivity contribution is 6.35. The Bertz CT molecular complexity index is 1030. The Morgan fingerprint density at radius 1 is 1.17 bits per heavy atom. The monoisotopic (exact) mass is 445 g/mol. The van der Waals surface area contributed by atoms with E-state index in [9.17, 15) is 9.59 Å². The predicted molar refractivity (Wildman–Crippen MR) is 117 cm³/mol. The maximum Gasteiger partial charge on any atom is 0.246 e. The molecule has 2 aromatic rings. The third kappa shape index (κ3) is 4.18. The van der Waals surface area contributed by atoms with Gasteiger partial charge in [0.05, 0.1) is 19.1 Å². The highest BCUT2D eigenvalue weighted by Gasteiger charge is 2.43. The van der Waals surface area contributed by atoms with Crippen LogP contribution >= 0.6 is 23.2 Å². The maximum atomic E-state index is 12.7. The molecule has 1 spiro atoms. The SMILES string of the molecule is COc1ccc2c(c1)C(=O)CC1(CCN(C(=O)/C=C/c3ccc(Cl)cc3Cl)CC1)O2. The molecule has 0 aliphatic carbocycles. The van der Waals surface area contributed by atoms with Crippen LogP contribution in [0.5, 0.6) is 11.5 Å². The molecule has 1 amide bonds. The number of hydrogen-bond donors (Lipinski definition) is 0. The number of ether oxygens (including phenoxy) is 2. The fourth-order valence-corrected chi connectivity index (χ4v) is 4.39. The first-order valence-electron chi connectivity index (χ1n) is 9.71. The Labute approximate surface area is 185 Å². The van der Waals surface area contributed by atoms with Crippen molar-refractivity contribution < 1.29 is 19.1 Å². The molecule has 2 aliphatic heterocycles. The third-order valence-electron chi connectivity index (χ3n) is 5.65. The second-order valence-corrected chi connectivity index (χ2v) is 8.42. The number of fused-ring (bicyclic) bond motifs is 1. The largest absolute Gasteiger partial charge is 0.497 e. The summed E-state index contributed by atoms with van der Waals surface area (Å²) >= 11 is 12.1. The molecule has 2 aliphatic rings. The van der Waals surface area contributed by atoms with Gasteiger partial charge in [0, 0.05) is 42.1 Å². The van der Waals surface area contributed by atoms with Crippen LogP contribution in [0.15, 0.2) is 42.5 Å². The first-order valence-corrected chi connectivity index (χ1v) is 10.5. The average molecular weight is 446 g/mol. The van der Waals surface area contributed by atoms with Crippen molar-refractivity contribution in [3.8, 4) is 11.5 Å². The lowest BCUT2D eigenvalue weighted by Gasteiger charge is -2.43. The van der Waals surface area contributed by atoms with Crippen molar-refractivity contribution in [2.24, 2.45) is 0 Å². The molecule has 2 aromatic carbocycles. The normalized spacial score (nSPS) is 17.7. The van der Waals surface area contributed by atoms with Crippen LogP contribution in [0.25, 0.3) is 6.08 Å². The van der Waals surface area contributed by atoms with Crippen molar-refractivity contribution in [2.45, 2.75) is 24.9 Å². The second-order valence-electron chi connectivity index (χ2n) is 7.57. The number of ketones is 1. The number of halogens is 2. The quantitative estimate of drug-likeness (QED) is 0.620. The van der Waals surface area contributed by atoms with E-state index in [1.807, 2.05) is 0 Å². The zero-order valence-electron chi connectivity index (χ0n) is 16.5. The molecule has 0 bridgehead atoms. The third-order valence-corrected chi connectivity index (χ3v) is 6.21. The van der Waals surface area contributed by atoms with Gasteiger partial charge in [-0.15, -0.1) is 0 Å². The number of hydrogen-bond acceptors (Lipinski definition) is 4. The number of benzene rings is 2. The molecule has 1 saturated heterocycles. The molecule has 5 nitrogen and oxygen atoms in total. The van der Waals surface area contributed by atoms with E-state index in [4.69, 9.17) is 32.7 Å². The van der Waals surface area contributed by atoms with Gasteiger partial charge in [0.15, 0.2) is 5.78 Å². The van der Waals surface area contributed by atoms with Gasteiger partial charge in [0.1, 0.15) is 17.1 Å². The number of carbonyl (C=O) groups is 2. The minimum atomic E-state index is -0.557. The first-order chi connectivity index (χ1) is 14.4. The summed E-state index contributed by atoms with van der Waals surface area (Å²) in [5, 5.41) is 1.04. The lowest BCUT2D eigenvalue weighted by Crippen LogP contribution is -2.52. The minimum Gasteiger partial charge on any atom is -0.497 e. The Hall–Kier alpha value is -2.50. The summed E-state index contributed by atoms with van der Waals surface area (Å²) in [6.45, 7) is 1.05. The highest BCUT2D eigenvalue weighted by atomic mass is 35.5. The van der Waals surface area contributed by atoms with Crippen LogP contribution in [0.1, 0.15) is 35.2 Å². The fourth-order valence-electron chi connectivity index (χ4n) is 3.92. The van der Waals surface area contributed by atoms with Crippen LogP contribution < -0.4 is 9.47 Å². The van der Waals surface area contributed by atoms with E-state index in [-0.39, 0.29) is 11.7 Å². The van der Waals surface area contributed by atoms with Gasteiger partial charge in [-0.1, -0.05) is 29.3 Å². The number of rotatable bonds is 3. The van der Waals surface area contributed by atoms with E-state index in [2.05, 4.69) is 0 Å². The number of piperidine rings is 1. The van der Waals surface area contributed by atoms with E-state index in [0.29, 0.717) is 59.5 Å². The molecule has 7 heteroatoms. The summed E-state index contributed by atoms with van der Waals surface area (Å²) in [6.07, 6.45) is 4.72. The minimum absolute atomic E-state index is 0.0483. The van der Waals surface area contributed by atoms with Crippen LogP contribution in [0.4, 0.5) is 0 Å². The topological polar surface area (TPSA) is 55.8 Å². The molecule has 0 aromatic heterocycles. The van der Waals surface area contributed by atoms with Gasteiger partial charge in [-0.2, -0.15) is 0 Å². The Balaban J connectivity index is 1.41. The molecular weight excluding hydrogens is 425 g/mol. The van der Waals surface area contributed by atoms with Crippen LogP contribution in [0.2, 0.25) is 10.0 Å². The summed E-state index contributed by atoms with van der Waals surface area (Å²) in [4.78, 5) is 27.1. The van der Waals surface area contributed by atoms with Crippen molar-refractivity contribution in [3.05, 3.63) is 63.6 Å². The van der Waals surface area contributed by atoms with Crippen molar-refractivity contribution >= 4 is 41.0 Å². The molecule has 4 rings (SSSR count). The lowest BCUT2D eigenvalue weighted by atomic mass is 9.82. The van der Waals surface area contributed by atoms with E-state index in [1.165, 1.54) is 6.08 Å². The first kappa shape index (κ1) is 20.8. The molecule has 0 radical (unpaired) electrons. The Morgan fingerprint density at radius 3 is 2.63 bits per heavy atom. The van der Waals surface area contributed by atoms with Gasteiger partial charge >= 0.3 is 0 Å². The molecule has 1 fully saturated rings. The van der Waals surface area contributed by atoms with Gasteiger partial charge in [-0.3, -0.25) is 9.59 Å². The Morgan fingerprint density at radius 2 is 1.93 bits per heavy atom. The number of amides is 1. The van der Waals surface area contributed by atoms with Gasteiger partial charge in [-0.05, 0) is 42.0 Å². The molecule has 0 saturated carbocycles. The summed E-state index contributed by atoms with van der Waals surface area (Å²) in [5.74, 6) is 1.18. The van der Waals surface area contributed by atoms with Gasteiger partial charge in [-0.25, -0.2) is 0 Å². The fraction of sp³-hybridized carbons (Fsp3) is 0.304. The summed E-state index contributed by atoms with van der Waals surface area (Å²) in [5.41, 5.74) is 0.732. The average Bonchev–Trinajstić information content (AvgIpc) is 2.73. The summed E-state index contributed by atoms with van der Waals surface area (Å²) in [7, 11) is 1.57. The van der Waals surface area contributed by atoms with E-state index >= 15 is 0 Å². The standard InChI is InChI=1S/C23H21Cl2NO4/c1-29-17-5-6-21-18(13-17)20(27)14-23(30-21)8-10-26(11-9-23)22(28)7-3-15-2-4-16(24)12-19(15)25/h2-7,12-13H,8-11,14H2,1H3/b7-3+. The zero-order valence-corrected chi connectivity index (χ0v) is 18.0. The molecular formula is C23H21Cl2NO4. The van der Waals surface area contributed by atoms with E-state index < -0.39 is 5.60 Å². The molecule has 156 valence electrons. The number of likely N-dealkylation sites (tertiary alicyclic amines) is 1. The number of Topliss-reactive ketones (excluding diaryl/α,β-unsaturated/α-hetero) is 1. The predicted octanol–water partition coefficient (Wildman–Crippen LogP) is 5.04. The van der Waals surface area contributed by atoms with E-state index in [1.54, 1.807) is 54.5 Å². The van der Waals surface area contributed by atoms with Crippen molar-refractivity contribution in [3.63, 3.8) is 0 Å². The number of nitrogens with zero attached hydrogens (tertiary/aromatic N) is 1. The smallest absolute Gasteiger partial charge is 0.246 e. The van der Waals surface area contributed by atoms with Gasteiger partial charge in [0.25, 0.3) is 0 Å². The second kappa shape index (κ2) is 8.32. The molecule has 2 heterocycles. The Kier molecular flexibility index (Phi) is 5.76. The molecule has 0 N–H and O–H groups in total. The van der Waals surface area contributed by atoms with Crippen LogP contribution in [-0.4, -0.2) is 42.4 Å². The van der Waals surface area contributed by atoms with Crippen molar-refractivity contribution in [1.82, 2.24) is 4.90 Å². The van der Waals surface area contributed by atoms with Crippen LogP contribution in [-0.2, 0) is 4.79 Å². The van der Waals surface area contributed by atoms with Gasteiger partial charge < -0.3 is 14.4 Å².